The minimum atomic E-state index is -0.0580. The lowest BCUT2D eigenvalue weighted by Gasteiger charge is -2.14. The number of nitrogens with zero attached hydrogens (tertiary/aromatic N) is 3. The van der Waals surface area contributed by atoms with E-state index in [9.17, 15) is 10.2 Å². The van der Waals surface area contributed by atoms with Crippen LogP contribution in [0.25, 0.3) is 16.9 Å². The van der Waals surface area contributed by atoms with E-state index in [0.29, 0.717) is 28.4 Å². The number of hydrogen-bond donors (Lipinski definition) is 2. The fraction of sp³-hybridized carbons (Fsp3) is 0.176. The molecule has 0 radical (unpaired) electrons. The molecule has 3 rings (SSSR count). The summed E-state index contributed by atoms with van der Waals surface area (Å²) >= 11 is 0. The third-order valence-electron chi connectivity index (χ3n) is 3.73. The van der Waals surface area contributed by atoms with Gasteiger partial charge in [-0.05, 0) is 18.2 Å². The molecular weight excluding hydrogens is 326 g/mol. The van der Waals surface area contributed by atoms with Gasteiger partial charge in [0.15, 0.2) is 23.0 Å². The Balaban J connectivity index is 2.14. The van der Waals surface area contributed by atoms with Gasteiger partial charge in [0.05, 0.1) is 33.2 Å². The Bertz CT molecular complexity index is 907. The summed E-state index contributed by atoms with van der Waals surface area (Å²) in [6.07, 6.45) is 1.54. The fourth-order valence-electron chi connectivity index (χ4n) is 2.49. The van der Waals surface area contributed by atoms with E-state index in [-0.39, 0.29) is 17.2 Å². The number of methoxy groups -OCH3 is 3. The first kappa shape index (κ1) is 16.4. The molecule has 0 aliphatic heterocycles. The van der Waals surface area contributed by atoms with E-state index < -0.39 is 0 Å². The van der Waals surface area contributed by atoms with Gasteiger partial charge in [-0.3, -0.25) is 0 Å². The maximum absolute atomic E-state index is 10.1. The van der Waals surface area contributed by atoms with Crippen LogP contribution in [0.2, 0.25) is 0 Å². The largest absolute Gasteiger partial charge is 0.504 e. The highest BCUT2D eigenvalue weighted by Gasteiger charge is 2.17. The standard InChI is InChI=1S/C17H17N3O5/c1-23-15-5-4-10(6-13(15)21)12-9-18-19-20(12)11-7-14(22)17(25-3)8-16(11)24-2/h4-9,21-22H,1-3H3. The molecule has 0 aliphatic carbocycles. The van der Waals surface area contributed by atoms with Crippen molar-refractivity contribution in [2.24, 2.45) is 0 Å². The lowest BCUT2D eigenvalue weighted by Crippen LogP contribution is -2.03. The van der Waals surface area contributed by atoms with Gasteiger partial charge in [-0.2, -0.15) is 0 Å². The molecule has 0 saturated carbocycles. The van der Waals surface area contributed by atoms with Crippen LogP contribution in [0.1, 0.15) is 0 Å². The van der Waals surface area contributed by atoms with Crippen molar-refractivity contribution in [3.05, 3.63) is 36.5 Å². The predicted octanol–water partition coefficient (Wildman–Crippen LogP) is 2.37. The van der Waals surface area contributed by atoms with Gasteiger partial charge in [-0.15, -0.1) is 5.10 Å². The Kier molecular flexibility index (Phi) is 4.34. The van der Waals surface area contributed by atoms with Crippen molar-refractivity contribution in [1.82, 2.24) is 15.0 Å². The molecule has 0 amide bonds. The summed E-state index contributed by atoms with van der Waals surface area (Å²) < 4.78 is 17.0. The summed E-state index contributed by atoms with van der Waals surface area (Å²) in [4.78, 5) is 0. The maximum Gasteiger partial charge on any atom is 0.164 e. The molecule has 130 valence electrons. The minimum Gasteiger partial charge on any atom is -0.504 e. The predicted molar refractivity (Wildman–Crippen MR) is 89.8 cm³/mol. The number of phenolic OH excluding ortho intramolecular Hbond substituents is 2. The Morgan fingerprint density at radius 3 is 2.16 bits per heavy atom. The van der Waals surface area contributed by atoms with E-state index in [4.69, 9.17) is 14.2 Å². The van der Waals surface area contributed by atoms with Crippen LogP contribution in [0.3, 0.4) is 0 Å². The number of aromatic nitrogens is 3. The second-order valence-corrected chi connectivity index (χ2v) is 5.11. The zero-order valence-corrected chi connectivity index (χ0v) is 13.9. The Labute approximate surface area is 143 Å². The summed E-state index contributed by atoms with van der Waals surface area (Å²) in [6.45, 7) is 0. The lowest BCUT2D eigenvalue weighted by molar-refractivity contribution is 0.363. The van der Waals surface area contributed by atoms with E-state index in [2.05, 4.69) is 10.3 Å². The quantitative estimate of drug-likeness (QED) is 0.734. The van der Waals surface area contributed by atoms with Gasteiger partial charge >= 0.3 is 0 Å². The van der Waals surface area contributed by atoms with Gasteiger partial charge in [0.2, 0.25) is 0 Å². The van der Waals surface area contributed by atoms with Crippen molar-refractivity contribution in [2.75, 3.05) is 21.3 Å². The van der Waals surface area contributed by atoms with Crippen LogP contribution in [0.4, 0.5) is 0 Å². The molecule has 8 nitrogen and oxygen atoms in total. The van der Waals surface area contributed by atoms with Crippen molar-refractivity contribution in [3.8, 4) is 45.7 Å². The Hall–Kier alpha value is -3.42. The highest BCUT2D eigenvalue weighted by atomic mass is 16.5. The molecule has 2 N–H and O–H groups in total. The molecule has 0 atom stereocenters. The molecule has 0 spiro atoms. The molecule has 3 aromatic rings. The first-order chi connectivity index (χ1) is 12.1. The highest BCUT2D eigenvalue weighted by Crippen LogP contribution is 2.38. The van der Waals surface area contributed by atoms with E-state index in [1.165, 1.54) is 32.1 Å². The van der Waals surface area contributed by atoms with Crippen LogP contribution in [0.15, 0.2) is 36.5 Å². The van der Waals surface area contributed by atoms with E-state index in [1.807, 2.05) is 0 Å². The van der Waals surface area contributed by atoms with Crippen molar-refractivity contribution in [3.63, 3.8) is 0 Å². The van der Waals surface area contributed by atoms with Crippen LogP contribution in [0, 0.1) is 0 Å². The zero-order valence-electron chi connectivity index (χ0n) is 13.9. The molecule has 0 aliphatic rings. The molecule has 0 unspecified atom stereocenters. The summed E-state index contributed by atoms with van der Waals surface area (Å²) in [6, 6.07) is 7.99. The first-order valence-corrected chi connectivity index (χ1v) is 7.32. The number of rotatable bonds is 5. The van der Waals surface area contributed by atoms with Crippen molar-refractivity contribution < 1.29 is 24.4 Å². The molecule has 1 aromatic heterocycles. The van der Waals surface area contributed by atoms with Crippen LogP contribution < -0.4 is 14.2 Å². The normalized spacial score (nSPS) is 10.5. The second-order valence-electron chi connectivity index (χ2n) is 5.11. The third-order valence-corrected chi connectivity index (χ3v) is 3.73. The van der Waals surface area contributed by atoms with Crippen molar-refractivity contribution in [2.45, 2.75) is 0 Å². The fourth-order valence-corrected chi connectivity index (χ4v) is 2.49. The highest BCUT2D eigenvalue weighted by molar-refractivity contribution is 5.67. The average molecular weight is 343 g/mol. The van der Waals surface area contributed by atoms with Gasteiger partial charge in [-0.1, -0.05) is 5.21 Å². The third kappa shape index (κ3) is 2.89. The minimum absolute atomic E-state index is 0.00251. The zero-order chi connectivity index (χ0) is 18.0. The van der Waals surface area contributed by atoms with E-state index in [0.717, 1.165) is 0 Å². The molecule has 2 aromatic carbocycles. The monoisotopic (exact) mass is 343 g/mol. The van der Waals surface area contributed by atoms with Gasteiger partial charge in [0.1, 0.15) is 11.4 Å². The van der Waals surface area contributed by atoms with Crippen molar-refractivity contribution in [1.29, 1.82) is 0 Å². The molecule has 0 fully saturated rings. The van der Waals surface area contributed by atoms with Gasteiger partial charge in [-0.25, -0.2) is 4.68 Å². The summed E-state index contributed by atoms with van der Waals surface area (Å²) in [7, 11) is 4.44. The second kappa shape index (κ2) is 6.60. The molecule has 8 heteroatoms. The molecular formula is C17H17N3O5. The average Bonchev–Trinajstić information content (AvgIpc) is 3.10. The van der Waals surface area contributed by atoms with E-state index in [1.54, 1.807) is 30.5 Å². The van der Waals surface area contributed by atoms with Crippen LogP contribution in [-0.4, -0.2) is 46.5 Å². The van der Waals surface area contributed by atoms with Gasteiger partial charge in [0.25, 0.3) is 0 Å². The Morgan fingerprint density at radius 1 is 0.840 bits per heavy atom. The summed E-state index contributed by atoms with van der Waals surface area (Å²) in [5, 5.41) is 28.1. The lowest BCUT2D eigenvalue weighted by atomic mass is 10.1. The van der Waals surface area contributed by atoms with E-state index >= 15 is 0 Å². The number of phenols is 2. The number of aromatic hydroxyl groups is 2. The molecule has 0 bridgehead atoms. The van der Waals surface area contributed by atoms with Crippen molar-refractivity contribution >= 4 is 0 Å². The maximum atomic E-state index is 10.1. The Morgan fingerprint density at radius 2 is 1.52 bits per heavy atom. The number of hydrogen-bond acceptors (Lipinski definition) is 7. The number of ether oxygens (including phenoxy) is 3. The number of benzene rings is 2. The van der Waals surface area contributed by atoms with Crippen LogP contribution in [-0.2, 0) is 0 Å². The van der Waals surface area contributed by atoms with Crippen LogP contribution in [0.5, 0.6) is 28.7 Å². The summed E-state index contributed by atoms with van der Waals surface area (Å²) in [5.74, 6) is 1.03. The topological polar surface area (TPSA) is 98.9 Å². The first-order valence-electron chi connectivity index (χ1n) is 7.32. The SMILES string of the molecule is COc1ccc(-c2cnnn2-c2cc(O)c(OC)cc2OC)cc1O. The summed E-state index contributed by atoms with van der Waals surface area (Å²) in [5.41, 5.74) is 1.74. The molecule has 25 heavy (non-hydrogen) atoms. The van der Waals surface area contributed by atoms with Gasteiger partial charge in [0, 0.05) is 17.7 Å². The van der Waals surface area contributed by atoms with Crippen LogP contribution >= 0.6 is 0 Å². The smallest absolute Gasteiger partial charge is 0.164 e. The van der Waals surface area contributed by atoms with Gasteiger partial charge < -0.3 is 24.4 Å². The molecule has 0 saturated heterocycles. The molecule has 1 heterocycles.